The zero-order chi connectivity index (χ0) is 13.0. The summed E-state index contributed by atoms with van der Waals surface area (Å²) in [5.41, 5.74) is 5.74. The van der Waals surface area contributed by atoms with Crippen LogP contribution in [0.1, 0.15) is 26.7 Å². The van der Waals surface area contributed by atoms with Crippen LogP contribution in [-0.2, 0) is 4.79 Å². The van der Waals surface area contributed by atoms with Crippen molar-refractivity contribution in [2.24, 2.45) is 11.7 Å². The summed E-state index contributed by atoms with van der Waals surface area (Å²) in [4.78, 5) is 24.4. The average Bonchev–Trinajstić information content (AvgIpc) is 2.25. The molecule has 4 N–H and O–H groups in total. The monoisotopic (exact) mass is 243 g/mol. The quantitative estimate of drug-likeness (QED) is 0.661. The van der Waals surface area contributed by atoms with Gasteiger partial charge in [0.25, 0.3) is 0 Å². The Hall–Kier alpha value is -1.30. The number of likely N-dealkylation sites (tertiary alicyclic amines) is 1. The molecular weight excluding hydrogens is 222 g/mol. The van der Waals surface area contributed by atoms with Gasteiger partial charge in [0.1, 0.15) is 6.04 Å². The number of nitrogens with one attached hydrogen (secondary N) is 1. The number of hydrogen-bond acceptors (Lipinski definition) is 3. The Labute approximate surface area is 101 Å². The third-order valence-electron chi connectivity index (χ3n) is 3.04. The van der Waals surface area contributed by atoms with Gasteiger partial charge in [-0.25, -0.2) is 9.59 Å². The second-order valence-electron chi connectivity index (χ2n) is 4.83. The van der Waals surface area contributed by atoms with Crippen molar-refractivity contribution in [3.05, 3.63) is 0 Å². The highest BCUT2D eigenvalue weighted by atomic mass is 16.4. The minimum Gasteiger partial charge on any atom is -0.480 e. The van der Waals surface area contributed by atoms with Crippen LogP contribution in [0.4, 0.5) is 4.79 Å². The first-order valence-electron chi connectivity index (χ1n) is 5.95. The van der Waals surface area contributed by atoms with E-state index in [2.05, 4.69) is 5.32 Å². The number of carbonyl (C=O) groups is 2. The lowest BCUT2D eigenvalue weighted by atomic mass is 10.0. The minimum atomic E-state index is -0.998. The van der Waals surface area contributed by atoms with Gasteiger partial charge in [-0.2, -0.15) is 0 Å². The predicted octanol–water partition coefficient (Wildman–Crippen LogP) is 0.228. The molecule has 98 valence electrons. The second kappa shape index (κ2) is 5.86. The van der Waals surface area contributed by atoms with Gasteiger partial charge in [-0.3, -0.25) is 0 Å². The molecule has 1 aliphatic rings. The maximum atomic E-state index is 11.8. The molecule has 1 fully saturated rings. The number of hydrogen-bond donors (Lipinski definition) is 3. The second-order valence-corrected chi connectivity index (χ2v) is 4.83. The van der Waals surface area contributed by atoms with Gasteiger partial charge >= 0.3 is 12.0 Å². The summed E-state index contributed by atoms with van der Waals surface area (Å²) < 4.78 is 0. The van der Waals surface area contributed by atoms with E-state index in [4.69, 9.17) is 10.8 Å². The standard InChI is InChI=1S/C11H21N3O3/c1-7(2)9(10(15)16)13-11(17)14-5-3-8(12)4-6-14/h7-9H,3-6,12H2,1-2H3,(H,13,17)(H,15,16)/t9-/m1/s1. The summed E-state index contributed by atoms with van der Waals surface area (Å²) in [7, 11) is 0. The van der Waals surface area contributed by atoms with E-state index in [1.54, 1.807) is 18.7 Å². The van der Waals surface area contributed by atoms with Crippen molar-refractivity contribution in [3.8, 4) is 0 Å². The van der Waals surface area contributed by atoms with E-state index in [0.717, 1.165) is 12.8 Å². The molecule has 17 heavy (non-hydrogen) atoms. The van der Waals surface area contributed by atoms with Gasteiger partial charge < -0.3 is 21.1 Å². The zero-order valence-electron chi connectivity index (χ0n) is 10.3. The molecule has 1 saturated heterocycles. The lowest BCUT2D eigenvalue weighted by Gasteiger charge is -2.31. The highest BCUT2D eigenvalue weighted by Crippen LogP contribution is 2.09. The van der Waals surface area contributed by atoms with Gasteiger partial charge in [0, 0.05) is 19.1 Å². The number of aliphatic carboxylic acids is 1. The van der Waals surface area contributed by atoms with Crippen LogP contribution in [0, 0.1) is 5.92 Å². The van der Waals surface area contributed by atoms with Gasteiger partial charge in [-0.1, -0.05) is 13.8 Å². The fourth-order valence-electron chi connectivity index (χ4n) is 1.84. The number of nitrogens with two attached hydrogens (primary N) is 1. The molecule has 0 bridgehead atoms. The minimum absolute atomic E-state index is 0.136. The van der Waals surface area contributed by atoms with Gasteiger partial charge in [-0.05, 0) is 18.8 Å². The van der Waals surface area contributed by atoms with Crippen LogP contribution < -0.4 is 11.1 Å². The van der Waals surface area contributed by atoms with E-state index in [9.17, 15) is 9.59 Å². The number of carboxylic acid groups (broad SMARTS) is 1. The van der Waals surface area contributed by atoms with E-state index in [-0.39, 0.29) is 18.0 Å². The highest BCUT2D eigenvalue weighted by Gasteiger charge is 2.27. The molecule has 0 spiro atoms. The Morgan fingerprint density at radius 3 is 2.29 bits per heavy atom. The molecule has 0 saturated carbocycles. The first kappa shape index (κ1) is 13.8. The maximum absolute atomic E-state index is 11.8. The molecule has 2 amide bonds. The Morgan fingerprint density at radius 2 is 1.88 bits per heavy atom. The Morgan fingerprint density at radius 1 is 1.35 bits per heavy atom. The molecule has 6 heteroatoms. The van der Waals surface area contributed by atoms with Crippen molar-refractivity contribution >= 4 is 12.0 Å². The molecule has 0 radical (unpaired) electrons. The largest absolute Gasteiger partial charge is 0.480 e. The average molecular weight is 243 g/mol. The van der Waals surface area contributed by atoms with E-state index >= 15 is 0 Å². The summed E-state index contributed by atoms with van der Waals surface area (Å²) in [6.45, 7) is 4.73. The first-order valence-corrected chi connectivity index (χ1v) is 5.95. The molecule has 6 nitrogen and oxygen atoms in total. The number of piperidine rings is 1. The summed E-state index contributed by atoms with van der Waals surface area (Å²) >= 11 is 0. The molecule has 0 aromatic carbocycles. The van der Waals surface area contributed by atoms with Crippen LogP contribution in [0.5, 0.6) is 0 Å². The maximum Gasteiger partial charge on any atom is 0.326 e. The van der Waals surface area contributed by atoms with Crippen LogP contribution >= 0.6 is 0 Å². The molecule has 0 unspecified atom stereocenters. The van der Waals surface area contributed by atoms with Crippen molar-refractivity contribution < 1.29 is 14.7 Å². The number of urea groups is 1. The van der Waals surface area contributed by atoms with Gasteiger partial charge in [0.15, 0.2) is 0 Å². The fourth-order valence-corrected chi connectivity index (χ4v) is 1.84. The van der Waals surface area contributed by atoms with E-state index in [0.29, 0.717) is 13.1 Å². The fraction of sp³-hybridized carbons (Fsp3) is 0.818. The van der Waals surface area contributed by atoms with Gasteiger partial charge in [-0.15, -0.1) is 0 Å². The predicted molar refractivity (Wildman–Crippen MR) is 63.6 cm³/mol. The molecule has 1 atom stereocenters. The molecule has 1 rings (SSSR count). The van der Waals surface area contributed by atoms with E-state index in [1.165, 1.54) is 0 Å². The third-order valence-corrected chi connectivity index (χ3v) is 3.04. The van der Waals surface area contributed by atoms with Crippen molar-refractivity contribution in [1.29, 1.82) is 0 Å². The smallest absolute Gasteiger partial charge is 0.326 e. The SMILES string of the molecule is CC(C)[C@@H](NC(=O)N1CCC(N)CC1)C(=O)O. The number of nitrogens with zero attached hydrogens (tertiary/aromatic N) is 1. The Bertz CT molecular complexity index is 286. The summed E-state index contributed by atoms with van der Waals surface area (Å²) in [5.74, 6) is -1.13. The van der Waals surface area contributed by atoms with Gasteiger partial charge in [0.2, 0.25) is 0 Å². The molecule has 0 aliphatic carbocycles. The van der Waals surface area contributed by atoms with Crippen molar-refractivity contribution in [3.63, 3.8) is 0 Å². The topological polar surface area (TPSA) is 95.7 Å². The van der Waals surface area contributed by atoms with Crippen molar-refractivity contribution in [2.75, 3.05) is 13.1 Å². The van der Waals surface area contributed by atoms with Crippen LogP contribution in [0.3, 0.4) is 0 Å². The number of rotatable bonds is 3. The molecular formula is C11H21N3O3. The Kier molecular flexibility index (Phi) is 4.74. The van der Waals surface area contributed by atoms with Gasteiger partial charge in [0.05, 0.1) is 0 Å². The summed E-state index contributed by atoms with van der Waals surface area (Å²) in [5, 5.41) is 11.5. The summed E-state index contributed by atoms with van der Waals surface area (Å²) in [6, 6.07) is -0.990. The van der Waals surface area contributed by atoms with Crippen LogP contribution in [-0.4, -0.2) is 47.2 Å². The number of carboxylic acids is 1. The molecule has 0 aromatic rings. The van der Waals surface area contributed by atoms with Crippen LogP contribution in [0.2, 0.25) is 0 Å². The first-order chi connectivity index (χ1) is 7.91. The Balaban J connectivity index is 2.50. The summed E-state index contributed by atoms with van der Waals surface area (Å²) in [6.07, 6.45) is 1.54. The van der Waals surface area contributed by atoms with Crippen molar-refractivity contribution in [2.45, 2.75) is 38.8 Å². The molecule has 1 heterocycles. The van der Waals surface area contributed by atoms with Crippen molar-refractivity contribution in [1.82, 2.24) is 10.2 Å². The van der Waals surface area contributed by atoms with Crippen LogP contribution in [0.15, 0.2) is 0 Å². The highest BCUT2D eigenvalue weighted by molar-refractivity contribution is 5.82. The lowest BCUT2D eigenvalue weighted by molar-refractivity contribution is -0.140. The van der Waals surface area contributed by atoms with Crippen LogP contribution in [0.25, 0.3) is 0 Å². The number of amides is 2. The van der Waals surface area contributed by atoms with E-state index in [1.807, 2.05) is 0 Å². The normalized spacial score (nSPS) is 19.2. The number of carbonyl (C=O) groups excluding carboxylic acids is 1. The van der Waals surface area contributed by atoms with E-state index < -0.39 is 12.0 Å². The molecule has 0 aromatic heterocycles. The molecule has 1 aliphatic heterocycles. The zero-order valence-corrected chi connectivity index (χ0v) is 10.3. The lowest BCUT2D eigenvalue weighted by Crippen LogP contribution is -2.53. The third kappa shape index (κ3) is 3.89.